The molecule has 1 amide bonds. The summed E-state index contributed by atoms with van der Waals surface area (Å²) < 4.78 is 11.2. The number of anilines is 1. The molecule has 1 aliphatic heterocycles. The molecule has 2 rings (SSSR count). The van der Waals surface area contributed by atoms with Crippen molar-refractivity contribution in [2.45, 2.75) is 77.8 Å². The highest BCUT2D eigenvalue weighted by Crippen LogP contribution is 2.44. The maximum absolute atomic E-state index is 13.0. The van der Waals surface area contributed by atoms with E-state index in [2.05, 4.69) is 10.3 Å². The van der Waals surface area contributed by atoms with Crippen LogP contribution < -0.4 is 5.32 Å². The van der Waals surface area contributed by atoms with Gasteiger partial charge in [-0.3, -0.25) is 9.79 Å². The number of aliphatic hydroxyl groups excluding tert-OH is 2. The third-order valence-corrected chi connectivity index (χ3v) is 7.58. The zero-order chi connectivity index (χ0) is 30.9. The van der Waals surface area contributed by atoms with E-state index in [0.29, 0.717) is 48.9 Å². The van der Waals surface area contributed by atoms with E-state index in [1.165, 1.54) is 13.2 Å². The smallest absolute Gasteiger partial charge is 0.251 e. The van der Waals surface area contributed by atoms with Gasteiger partial charge in [0, 0.05) is 50.1 Å². The SMILES string of the molecule is COC1CCC=C(C)C(=O)Nc2cc(O)c(N=CCN(C)C)c(c2O)CC(C)CC(OC)C(O)C(C)C=C(C)C1O. The molecule has 0 aliphatic carbocycles. The van der Waals surface area contributed by atoms with E-state index in [0.717, 1.165) is 0 Å². The molecule has 0 fully saturated rings. The van der Waals surface area contributed by atoms with Crippen LogP contribution in [0.3, 0.4) is 0 Å². The fourth-order valence-electron chi connectivity index (χ4n) is 5.06. The second kappa shape index (κ2) is 16.0. The second-order valence-electron chi connectivity index (χ2n) is 11.4. The summed E-state index contributed by atoms with van der Waals surface area (Å²) in [6, 6.07) is 1.30. The van der Waals surface area contributed by atoms with Gasteiger partial charge in [0.25, 0.3) is 5.91 Å². The van der Waals surface area contributed by atoms with Crippen LogP contribution in [0.5, 0.6) is 11.5 Å². The summed E-state index contributed by atoms with van der Waals surface area (Å²) in [6.45, 7) is 7.83. The fraction of sp³-hybridized carbons (Fsp3) is 0.613. The van der Waals surface area contributed by atoms with Gasteiger partial charge in [-0.1, -0.05) is 26.0 Å². The Bertz CT molecular complexity index is 1120. The Kier molecular flexibility index (Phi) is 13.5. The average molecular weight is 576 g/mol. The van der Waals surface area contributed by atoms with Crippen LogP contribution in [0.1, 0.15) is 52.5 Å². The number of amides is 1. The van der Waals surface area contributed by atoms with Crippen LogP contribution in [0, 0.1) is 11.8 Å². The number of benzene rings is 1. The number of aliphatic imine (C=N–C) groups is 1. The van der Waals surface area contributed by atoms with Crippen LogP contribution >= 0.6 is 0 Å². The van der Waals surface area contributed by atoms with Crippen molar-refractivity contribution in [1.29, 1.82) is 0 Å². The Balaban J connectivity index is 2.59. The molecule has 10 nitrogen and oxygen atoms in total. The summed E-state index contributed by atoms with van der Waals surface area (Å²) in [6.07, 6.45) is 4.12. The van der Waals surface area contributed by atoms with Gasteiger partial charge in [0.15, 0.2) is 0 Å². The number of allylic oxidation sites excluding steroid dienone is 1. The molecule has 1 heterocycles. The van der Waals surface area contributed by atoms with Crippen LogP contribution in [-0.2, 0) is 20.7 Å². The van der Waals surface area contributed by atoms with Crippen LogP contribution in [0.2, 0.25) is 0 Å². The number of rotatable bonds is 5. The predicted octanol–water partition coefficient (Wildman–Crippen LogP) is 3.94. The standard InChI is InChI=1S/C31H49N3O7/c1-18-14-22-27(32-12-13-34(5)6)24(35)17-23(30(22)38)33-31(39)19(2)10-9-11-25(40-7)28(36)20(3)16-21(4)29(37)26(15-18)41-8/h10,12,16-18,21,25-26,28-29,35-38H,9,11,13-15H2,1-8H3,(H,33,39). The number of nitrogens with one attached hydrogen (secondary N) is 1. The first-order valence-electron chi connectivity index (χ1n) is 14.1. The van der Waals surface area contributed by atoms with Crippen LogP contribution in [0.15, 0.2) is 34.4 Å². The van der Waals surface area contributed by atoms with E-state index >= 15 is 0 Å². The minimum Gasteiger partial charge on any atom is -0.506 e. The normalized spacial score (nSPS) is 27.5. The molecule has 0 spiro atoms. The van der Waals surface area contributed by atoms with Gasteiger partial charge in [0.1, 0.15) is 23.3 Å². The number of fused-ring (bicyclic) bond motifs is 2. The summed E-state index contributed by atoms with van der Waals surface area (Å²) in [4.78, 5) is 19.4. The van der Waals surface area contributed by atoms with Crippen molar-refractivity contribution in [3.63, 3.8) is 0 Å². The Morgan fingerprint density at radius 3 is 2.39 bits per heavy atom. The number of ether oxygens (including phenoxy) is 2. The topological polar surface area (TPSA) is 144 Å². The molecule has 6 unspecified atom stereocenters. The number of phenols is 2. The maximum atomic E-state index is 13.0. The molecule has 1 aromatic carbocycles. The maximum Gasteiger partial charge on any atom is 0.251 e. The molecular weight excluding hydrogens is 526 g/mol. The van der Waals surface area contributed by atoms with Gasteiger partial charge in [0.05, 0.1) is 24.0 Å². The molecule has 2 bridgehead atoms. The van der Waals surface area contributed by atoms with E-state index < -0.39 is 30.3 Å². The number of methoxy groups -OCH3 is 2. The summed E-state index contributed by atoms with van der Waals surface area (Å²) in [5.41, 5.74) is 1.80. The molecule has 5 N–H and O–H groups in total. The van der Waals surface area contributed by atoms with Crippen molar-refractivity contribution < 1.29 is 34.7 Å². The predicted molar refractivity (Wildman–Crippen MR) is 162 cm³/mol. The van der Waals surface area contributed by atoms with Gasteiger partial charge in [-0.25, -0.2) is 0 Å². The largest absolute Gasteiger partial charge is 0.506 e. The van der Waals surface area contributed by atoms with Gasteiger partial charge in [0.2, 0.25) is 0 Å². The fourth-order valence-corrected chi connectivity index (χ4v) is 5.06. The molecule has 10 heteroatoms. The molecule has 1 aliphatic rings. The van der Waals surface area contributed by atoms with Gasteiger partial charge in [-0.15, -0.1) is 0 Å². The molecule has 0 radical (unpaired) electrons. The third kappa shape index (κ3) is 9.65. The Morgan fingerprint density at radius 1 is 1.12 bits per heavy atom. The number of aliphatic hydroxyl groups is 2. The number of carbonyl (C=O) groups is 1. The van der Waals surface area contributed by atoms with E-state index in [1.54, 1.807) is 26.3 Å². The van der Waals surface area contributed by atoms with Crippen molar-refractivity contribution in [1.82, 2.24) is 4.90 Å². The Hall–Kier alpha value is -2.76. The third-order valence-electron chi connectivity index (χ3n) is 7.58. The lowest BCUT2D eigenvalue weighted by atomic mass is 9.87. The lowest BCUT2D eigenvalue weighted by molar-refractivity contribution is -0.112. The summed E-state index contributed by atoms with van der Waals surface area (Å²) in [5.74, 6) is -1.20. The van der Waals surface area contributed by atoms with E-state index in [1.807, 2.05) is 45.8 Å². The highest BCUT2D eigenvalue weighted by Gasteiger charge is 2.29. The zero-order valence-electron chi connectivity index (χ0n) is 25.7. The number of carbonyl (C=O) groups excluding carboxylic acids is 1. The first-order chi connectivity index (χ1) is 19.3. The zero-order valence-corrected chi connectivity index (χ0v) is 25.7. The number of aromatic hydroxyl groups is 2. The number of hydrogen-bond donors (Lipinski definition) is 5. The van der Waals surface area contributed by atoms with Crippen molar-refractivity contribution in [3.05, 3.63) is 34.9 Å². The first-order valence-corrected chi connectivity index (χ1v) is 14.1. The van der Waals surface area contributed by atoms with Gasteiger partial charge in [-0.05, 0) is 65.1 Å². The van der Waals surface area contributed by atoms with E-state index in [4.69, 9.17) is 9.47 Å². The molecule has 230 valence electrons. The Morgan fingerprint density at radius 2 is 1.78 bits per heavy atom. The van der Waals surface area contributed by atoms with Crippen molar-refractivity contribution >= 4 is 23.5 Å². The lowest BCUT2D eigenvalue weighted by Crippen LogP contribution is -2.35. The summed E-state index contributed by atoms with van der Waals surface area (Å²) in [5, 5.41) is 47.0. The second-order valence-corrected chi connectivity index (χ2v) is 11.4. The quantitative estimate of drug-likeness (QED) is 0.154. The molecule has 1 aromatic rings. The first kappa shape index (κ1) is 34.4. The summed E-state index contributed by atoms with van der Waals surface area (Å²) >= 11 is 0. The summed E-state index contributed by atoms with van der Waals surface area (Å²) in [7, 11) is 6.86. The van der Waals surface area contributed by atoms with E-state index in [-0.39, 0.29) is 34.7 Å². The average Bonchev–Trinajstić information content (AvgIpc) is 2.92. The van der Waals surface area contributed by atoms with Gasteiger partial charge in [-0.2, -0.15) is 0 Å². The minimum absolute atomic E-state index is 0.0777. The number of hydrogen-bond acceptors (Lipinski definition) is 9. The van der Waals surface area contributed by atoms with Gasteiger partial charge >= 0.3 is 0 Å². The Labute approximate surface area is 244 Å². The van der Waals surface area contributed by atoms with Crippen molar-refractivity contribution in [2.24, 2.45) is 16.8 Å². The lowest BCUT2D eigenvalue weighted by Gasteiger charge is -2.29. The van der Waals surface area contributed by atoms with Crippen molar-refractivity contribution in [3.8, 4) is 11.5 Å². The van der Waals surface area contributed by atoms with Crippen molar-refractivity contribution in [2.75, 3.05) is 40.2 Å². The molecule has 0 saturated carbocycles. The molecular formula is C31H49N3O7. The molecule has 0 saturated heterocycles. The van der Waals surface area contributed by atoms with Crippen LogP contribution in [0.4, 0.5) is 11.4 Å². The van der Waals surface area contributed by atoms with E-state index in [9.17, 15) is 25.2 Å². The number of nitrogens with zero attached hydrogens (tertiary/aromatic N) is 2. The minimum atomic E-state index is -0.882. The molecule has 6 atom stereocenters. The monoisotopic (exact) mass is 575 g/mol. The highest BCUT2D eigenvalue weighted by molar-refractivity contribution is 6.04. The molecule has 41 heavy (non-hydrogen) atoms. The van der Waals surface area contributed by atoms with Crippen LogP contribution in [-0.4, -0.2) is 96.7 Å². The molecule has 0 aromatic heterocycles. The highest BCUT2D eigenvalue weighted by atomic mass is 16.5. The van der Waals surface area contributed by atoms with Crippen LogP contribution in [0.25, 0.3) is 0 Å². The number of phenolic OH excluding ortho intramolecular Hbond substituents is 2. The van der Waals surface area contributed by atoms with Gasteiger partial charge < -0.3 is 40.1 Å².